The highest BCUT2D eigenvalue weighted by atomic mass is 32.2. The van der Waals surface area contributed by atoms with Gasteiger partial charge in [-0.2, -0.15) is 10.4 Å². The molecule has 5 nitrogen and oxygen atoms in total. The molecule has 0 spiro atoms. The smallest absolute Gasteiger partial charge is 0.180 e. The molecule has 0 amide bonds. The van der Waals surface area contributed by atoms with Gasteiger partial charge in [-0.1, -0.05) is 0 Å². The third-order valence-electron chi connectivity index (χ3n) is 3.02. The molecule has 0 N–H and O–H groups in total. The quantitative estimate of drug-likeness (QED) is 0.860. The van der Waals surface area contributed by atoms with E-state index in [1.54, 1.807) is 4.68 Å². The number of hydrogen-bond acceptors (Lipinski definition) is 4. The van der Waals surface area contributed by atoms with Gasteiger partial charge in [0.15, 0.2) is 9.84 Å². The van der Waals surface area contributed by atoms with Crippen LogP contribution in [-0.4, -0.2) is 24.0 Å². The van der Waals surface area contributed by atoms with Crippen molar-refractivity contribution >= 4 is 9.84 Å². The van der Waals surface area contributed by atoms with Gasteiger partial charge in [0.1, 0.15) is 0 Å². The van der Waals surface area contributed by atoms with Crippen molar-refractivity contribution in [1.29, 1.82) is 5.26 Å². The van der Waals surface area contributed by atoms with Crippen LogP contribution in [0.25, 0.3) is 0 Å². The average molecular weight is 289 g/mol. The van der Waals surface area contributed by atoms with E-state index in [4.69, 9.17) is 5.26 Å². The number of nitrogens with zero attached hydrogens (tertiary/aromatic N) is 3. The molecular weight excluding hydrogens is 274 g/mol. The summed E-state index contributed by atoms with van der Waals surface area (Å²) in [7, 11) is -3.36. The Bertz CT molecular complexity index is 753. The fourth-order valence-corrected chi connectivity index (χ4v) is 3.16. The molecule has 0 saturated heterocycles. The lowest BCUT2D eigenvalue weighted by atomic mass is 10.2. The van der Waals surface area contributed by atoms with Gasteiger partial charge in [-0.05, 0) is 44.2 Å². The summed E-state index contributed by atoms with van der Waals surface area (Å²) in [6.07, 6.45) is 0. The molecule has 0 radical (unpaired) electrons. The van der Waals surface area contributed by atoms with Gasteiger partial charge in [0.05, 0.1) is 34.5 Å². The molecule has 2 aromatic rings. The molecule has 1 aromatic carbocycles. The van der Waals surface area contributed by atoms with Crippen LogP contribution in [-0.2, 0) is 16.4 Å². The minimum atomic E-state index is -3.36. The Hall–Kier alpha value is -2.13. The van der Waals surface area contributed by atoms with Crippen molar-refractivity contribution in [2.45, 2.75) is 25.3 Å². The van der Waals surface area contributed by atoms with Crippen LogP contribution in [0.3, 0.4) is 0 Å². The molecule has 0 aliphatic carbocycles. The Morgan fingerprint density at radius 1 is 1.25 bits per heavy atom. The molecule has 0 bridgehead atoms. The van der Waals surface area contributed by atoms with E-state index < -0.39 is 9.84 Å². The van der Waals surface area contributed by atoms with Crippen LogP contribution in [0, 0.1) is 25.2 Å². The van der Waals surface area contributed by atoms with Crippen molar-refractivity contribution in [2.24, 2.45) is 0 Å². The molecule has 20 heavy (non-hydrogen) atoms. The lowest BCUT2D eigenvalue weighted by molar-refractivity contribution is 0.576. The largest absolute Gasteiger partial charge is 0.269 e. The summed E-state index contributed by atoms with van der Waals surface area (Å²) in [6, 6.07) is 9.83. The summed E-state index contributed by atoms with van der Waals surface area (Å²) in [6.45, 7) is 4.09. The van der Waals surface area contributed by atoms with Crippen molar-refractivity contribution in [3.8, 4) is 6.07 Å². The predicted molar refractivity (Wildman–Crippen MR) is 74.9 cm³/mol. The number of rotatable bonds is 4. The van der Waals surface area contributed by atoms with Crippen LogP contribution in [0.15, 0.2) is 35.2 Å². The lowest BCUT2D eigenvalue weighted by Gasteiger charge is -2.06. The Labute approximate surface area is 118 Å². The molecule has 0 atom stereocenters. The van der Waals surface area contributed by atoms with Gasteiger partial charge in [0.25, 0.3) is 0 Å². The van der Waals surface area contributed by atoms with Crippen LogP contribution in [0.5, 0.6) is 0 Å². The molecule has 0 aliphatic heterocycles. The van der Waals surface area contributed by atoms with Crippen molar-refractivity contribution in [3.63, 3.8) is 0 Å². The average Bonchev–Trinajstić information content (AvgIpc) is 2.75. The summed E-state index contributed by atoms with van der Waals surface area (Å²) in [5.74, 6) is -0.0130. The van der Waals surface area contributed by atoms with Crippen LogP contribution >= 0.6 is 0 Å². The fraction of sp³-hybridized carbons (Fsp3) is 0.286. The second-order valence-electron chi connectivity index (χ2n) is 4.61. The maximum atomic E-state index is 12.2. The highest BCUT2D eigenvalue weighted by Crippen LogP contribution is 2.13. The summed E-state index contributed by atoms with van der Waals surface area (Å²) in [5, 5.41) is 12.9. The summed E-state index contributed by atoms with van der Waals surface area (Å²) < 4.78 is 26.1. The van der Waals surface area contributed by atoms with E-state index in [0.717, 1.165) is 11.4 Å². The van der Waals surface area contributed by atoms with Crippen molar-refractivity contribution < 1.29 is 8.42 Å². The van der Waals surface area contributed by atoms with Crippen LogP contribution in [0.2, 0.25) is 0 Å². The van der Waals surface area contributed by atoms with E-state index in [2.05, 4.69) is 5.10 Å². The van der Waals surface area contributed by atoms with E-state index in [1.165, 1.54) is 24.3 Å². The highest BCUT2D eigenvalue weighted by molar-refractivity contribution is 7.91. The summed E-state index contributed by atoms with van der Waals surface area (Å²) in [5.41, 5.74) is 2.26. The monoisotopic (exact) mass is 289 g/mol. The molecule has 104 valence electrons. The van der Waals surface area contributed by atoms with Gasteiger partial charge in [-0.25, -0.2) is 8.42 Å². The third kappa shape index (κ3) is 3.06. The molecule has 0 unspecified atom stereocenters. The number of hydrogen-bond donors (Lipinski definition) is 0. The zero-order valence-corrected chi connectivity index (χ0v) is 12.2. The maximum Gasteiger partial charge on any atom is 0.180 e. The van der Waals surface area contributed by atoms with Gasteiger partial charge in [0, 0.05) is 5.69 Å². The first-order chi connectivity index (χ1) is 9.42. The lowest BCUT2D eigenvalue weighted by Crippen LogP contribution is -2.15. The fourth-order valence-electron chi connectivity index (χ4n) is 1.96. The molecule has 1 aromatic heterocycles. The van der Waals surface area contributed by atoms with Gasteiger partial charge in [0.2, 0.25) is 0 Å². The molecule has 2 rings (SSSR count). The van der Waals surface area contributed by atoms with E-state index in [-0.39, 0.29) is 10.6 Å². The Balaban J connectivity index is 2.15. The van der Waals surface area contributed by atoms with E-state index in [9.17, 15) is 8.42 Å². The SMILES string of the molecule is Cc1cc(C)n(CCS(=O)(=O)c2ccc(C#N)cc2)n1. The summed E-state index contributed by atoms with van der Waals surface area (Å²) >= 11 is 0. The minimum absolute atomic E-state index is 0.0130. The second-order valence-corrected chi connectivity index (χ2v) is 6.71. The Morgan fingerprint density at radius 2 is 1.90 bits per heavy atom. The van der Waals surface area contributed by atoms with E-state index in [1.807, 2.05) is 26.0 Å². The number of aryl methyl sites for hydroxylation is 3. The topological polar surface area (TPSA) is 75.8 Å². The molecule has 0 saturated carbocycles. The summed E-state index contributed by atoms with van der Waals surface area (Å²) in [4.78, 5) is 0.234. The maximum absolute atomic E-state index is 12.2. The predicted octanol–water partition coefficient (Wildman–Crippen LogP) is 1.85. The minimum Gasteiger partial charge on any atom is -0.269 e. The normalized spacial score (nSPS) is 11.2. The number of benzene rings is 1. The van der Waals surface area contributed by atoms with Crippen LogP contribution < -0.4 is 0 Å². The Morgan fingerprint density at radius 3 is 2.40 bits per heavy atom. The molecule has 0 aliphatic rings. The first kappa shape index (κ1) is 14.3. The number of aromatic nitrogens is 2. The standard InChI is InChI=1S/C14H15N3O2S/c1-11-9-12(2)17(16-11)7-8-20(18,19)14-5-3-13(10-15)4-6-14/h3-6,9H,7-8H2,1-2H3. The zero-order chi connectivity index (χ0) is 14.8. The van der Waals surface area contributed by atoms with E-state index in [0.29, 0.717) is 12.1 Å². The first-order valence-corrected chi connectivity index (χ1v) is 7.81. The second kappa shape index (κ2) is 5.47. The van der Waals surface area contributed by atoms with Gasteiger partial charge in [-0.3, -0.25) is 4.68 Å². The zero-order valence-electron chi connectivity index (χ0n) is 11.4. The van der Waals surface area contributed by atoms with Crippen molar-refractivity contribution in [1.82, 2.24) is 9.78 Å². The first-order valence-electron chi connectivity index (χ1n) is 6.16. The Kier molecular flexibility index (Phi) is 3.91. The van der Waals surface area contributed by atoms with Gasteiger partial charge in [-0.15, -0.1) is 0 Å². The third-order valence-corrected chi connectivity index (χ3v) is 4.73. The van der Waals surface area contributed by atoms with Crippen LogP contribution in [0.4, 0.5) is 0 Å². The molecule has 1 heterocycles. The number of nitriles is 1. The number of sulfone groups is 1. The van der Waals surface area contributed by atoms with E-state index >= 15 is 0 Å². The van der Waals surface area contributed by atoms with Crippen LogP contribution in [0.1, 0.15) is 17.0 Å². The molecular formula is C14H15N3O2S. The van der Waals surface area contributed by atoms with Gasteiger partial charge < -0.3 is 0 Å². The van der Waals surface area contributed by atoms with Gasteiger partial charge >= 0.3 is 0 Å². The molecule has 0 fully saturated rings. The molecule has 6 heteroatoms. The highest BCUT2D eigenvalue weighted by Gasteiger charge is 2.15. The van der Waals surface area contributed by atoms with Crippen molar-refractivity contribution in [3.05, 3.63) is 47.3 Å². The van der Waals surface area contributed by atoms with Crippen molar-refractivity contribution in [2.75, 3.05) is 5.75 Å².